The van der Waals surface area contributed by atoms with Crippen molar-refractivity contribution in [2.24, 2.45) is 0 Å². The summed E-state index contributed by atoms with van der Waals surface area (Å²) in [6.07, 6.45) is 2.98. The first-order chi connectivity index (χ1) is 12.5. The van der Waals surface area contributed by atoms with E-state index in [4.69, 9.17) is 0 Å². The standard InChI is InChI=1S/C20H22N3O3/c1-15-8-10-17(11-9-15)21-14-20(24,22-12-3-2-7-19(21)22)16-5-4-6-18(13-16)23(25)26/h4-6,8-11,13,24H,2-3,7,12,14H2,1H3/q+1. The summed E-state index contributed by atoms with van der Waals surface area (Å²) in [5.74, 6) is 1.09. The molecule has 0 amide bonds. The van der Waals surface area contributed by atoms with E-state index < -0.39 is 10.6 Å². The molecule has 0 aromatic heterocycles. The molecular formula is C20H22N3O3+. The van der Waals surface area contributed by atoms with Gasteiger partial charge >= 0.3 is 0 Å². The zero-order valence-corrected chi connectivity index (χ0v) is 14.8. The number of hydrogen-bond acceptors (Lipinski definition) is 4. The summed E-state index contributed by atoms with van der Waals surface area (Å²) in [5, 5.41) is 22.8. The van der Waals surface area contributed by atoms with Crippen molar-refractivity contribution in [1.29, 1.82) is 0 Å². The van der Waals surface area contributed by atoms with E-state index in [-0.39, 0.29) is 5.69 Å². The van der Waals surface area contributed by atoms with Crippen LogP contribution in [-0.2, 0) is 5.72 Å². The second kappa shape index (κ2) is 6.21. The number of aryl methyl sites for hydroxylation is 1. The van der Waals surface area contributed by atoms with Gasteiger partial charge in [0.05, 0.1) is 11.5 Å². The SMILES string of the molecule is Cc1ccc(N2CC(O)(c3cccc([N+](=O)[O-])c3)[N+]3=C2CCCC3)cc1. The number of aliphatic hydroxyl groups is 1. The maximum absolute atomic E-state index is 11.6. The van der Waals surface area contributed by atoms with Crippen LogP contribution in [0.3, 0.4) is 0 Å². The van der Waals surface area contributed by atoms with Gasteiger partial charge in [-0.15, -0.1) is 0 Å². The number of nitro groups is 1. The predicted molar refractivity (Wildman–Crippen MR) is 99.5 cm³/mol. The second-order valence-electron chi connectivity index (χ2n) is 7.07. The third kappa shape index (κ3) is 2.66. The topological polar surface area (TPSA) is 69.6 Å². The molecule has 0 bridgehead atoms. The minimum atomic E-state index is -1.26. The molecule has 134 valence electrons. The van der Waals surface area contributed by atoms with Gasteiger partial charge in [-0.1, -0.05) is 29.8 Å². The van der Waals surface area contributed by atoms with Gasteiger partial charge in [-0.2, -0.15) is 0 Å². The van der Waals surface area contributed by atoms with E-state index in [2.05, 4.69) is 29.2 Å². The lowest BCUT2D eigenvalue weighted by Crippen LogP contribution is -2.41. The van der Waals surface area contributed by atoms with Crippen molar-refractivity contribution in [3.05, 3.63) is 69.8 Å². The molecule has 6 nitrogen and oxygen atoms in total. The molecule has 26 heavy (non-hydrogen) atoms. The van der Waals surface area contributed by atoms with Gasteiger partial charge in [0.2, 0.25) is 0 Å². The molecule has 1 unspecified atom stereocenters. The Kier molecular flexibility index (Phi) is 4.00. The lowest BCUT2D eigenvalue weighted by molar-refractivity contribution is -0.661. The summed E-state index contributed by atoms with van der Waals surface area (Å²) in [4.78, 5) is 12.9. The van der Waals surface area contributed by atoms with Crippen molar-refractivity contribution in [3.63, 3.8) is 0 Å². The Morgan fingerprint density at radius 1 is 1.19 bits per heavy atom. The number of nitro benzene ring substituents is 1. The maximum atomic E-state index is 11.6. The lowest BCUT2D eigenvalue weighted by atomic mass is 10.0. The van der Waals surface area contributed by atoms with Crippen molar-refractivity contribution < 1.29 is 14.6 Å². The molecule has 0 spiro atoms. The van der Waals surface area contributed by atoms with Crippen LogP contribution in [0.5, 0.6) is 0 Å². The smallest absolute Gasteiger partial charge is 0.271 e. The molecule has 0 fully saturated rings. The average Bonchev–Trinajstić information content (AvgIpc) is 2.97. The Balaban J connectivity index is 1.80. The minimum absolute atomic E-state index is 0.00303. The van der Waals surface area contributed by atoms with E-state index >= 15 is 0 Å². The molecular weight excluding hydrogens is 330 g/mol. The van der Waals surface area contributed by atoms with Crippen LogP contribution in [0.1, 0.15) is 30.4 Å². The molecule has 6 heteroatoms. The van der Waals surface area contributed by atoms with Gasteiger partial charge in [-0.25, -0.2) is 9.48 Å². The highest BCUT2D eigenvalue weighted by atomic mass is 16.6. The van der Waals surface area contributed by atoms with Crippen molar-refractivity contribution in [2.75, 3.05) is 18.0 Å². The number of rotatable bonds is 3. The number of nitrogens with zero attached hydrogens (tertiary/aromatic N) is 3. The number of non-ortho nitro benzene ring substituents is 1. The first-order valence-corrected chi connectivity index (χ1v) is 8.94. The molecule has 2 aliphatic heterocycles. The fourth-order valence-corrected chi connectivity index (χ4v) is 3.97. The average molecular weight is 352 g/mol. The summed E-state index contributed by atoms with van der Waals surface area (Å²) < 4.78 is 2.02. The van der Waals surface area contributed by atoms with Crippen LogP contribution >= 0.6 is 0 Å². The zero-order chi connectivity index (χ0) is 18.3. The summed E-state index contributed by atoms with van der Waals surface area (Å²) in [7, 11) is 0. The summed E-state index contributed by atoms with van der Waals surface area (Å²) >= 11 is 0. The molecule has 2 aromatic carbocycles. The number of hydrogen-bond donors (Lipinski definition) is 1. The molecule has 0 saturated heterocycles. The van der Waals surface area contributed by atoms with E-state index in [9.17, 15) is 15.2 Å². The normalized spacial score (nSPS) is 22.5. The quantitative estimate of drug-likeness (QED) is 0.523. The van der Waals surface area contributed by atoms with Gasteiger partial charge in [-0.3, -0.25) is 10.1 Å². The van der Waals surface area contributed by atoms with Crippen LogP contribution in [0.4, 0.5) is 11.4 Å². The van der Waals surface area contributed by atoms with Crippen LogP contribution in [0.2, 0.25) is 0 Å². The monoisotopic (exact) mass is 352 g/mol. The molecule has 1 N–H and O–H groups in total. The summed E-state index contributed by atoms with van der Waals surface area (Å²) in [6.45, 7) is 3.16. The van der Waals surface area contributed by atoms with Gasteiger partial charge in [0.25, 0.3) is 17.2 Å². The Morgan fingerprint density at radius 2 is 1.96 bits per heavy atom. The van der Waals surface area contributed by atoms with E-state index in [1.807, 2.05) is 11.5 Å². The Morgan fingerprint density at radius 3 is 2.69 bits per heavy atom. The van der Waals surface area contributed by atoms with Gasteiger partial charge in [0.15, 0.2) is 6.54 Å². The number of anilines is 1. The van der Waals surface area contributed by atoms with Crippen LogP contribution in [0.15, 0.2) is 48.5 Å². The number of amidine groups is 1. The van der Waals surface area contributed by atoms with Crippen LogP contribution in [0, 0.1) is 17.0 Å². The van der Waals surface area contributed by atoms with Gasteiger partial charge in [-0.05, 0) is 31.9 Å². The van der Waals surface area contributed by atoms with Gasteiger partial charge < -0.3 is 5.11 Å². The molecule has 0 radical (unpaired) electrons. The molecule has 2 heterocycles. The van der Waals surface area contributed by atoms with E-state index in [1.165, 1.54) is 17.7 Å². The fourth-order valence-electron chi connectivity index (χ4n) is 3.97. The minimum Gasteiger partial charge on any atom is -0.346 e. The second-order valence-corrected chi connectivity index (χ2v) is 7.07. The van der Waals surface area contributed by atoms with Crippen LogP contribution in [-0.4, -0.2) is 33.5 Å². The van der Waals surface area contributed by atoms with Crippen molar-refractivity contribution in [3.8, 4) is 0 Å². The van der Waals surface area contributed by atoms with Crippen molar-refractivity contribution in [2.45, 2.75) is 31.9 Å². The van der Waals surface area contributed by atoms with Gasteiger partial charge in [0, 0.05) is 24.1 Å². The van der Waals surface area contributed by atoms with Crippen LogP contribution < -0.4 is 4.90 Å². The van der Waals surface area contributed by atoms with Crippen molar-refractivity contribution >= 4 is 17.2 Å². The summed E-state index contributed by atoms with van der Waals surface area (Å²) in [5.41, 5.74) is 1.54. The third-order valence-corrected chi connectivity index (χ3v) is 5.35. The highest BCUT2D eigenvalue weighted by molar-refractivity contribution is 5.96. The molecule has 0 saturated carbocycles. The largest absolute Gasteiger partial charge is 0.346 e. The molecule has 1 atom stereocenters. The Hall–Kier alpha value is -2.73. The maximum Gasteiger partial charge on any atom is 0.271 e. The van der Waals surface area contributed by atoms with Gasteiger partial charge in [0.1, 0.15) is 5.69 Å². The van der Waals surface area contributed by atoms with E-state index in [1.54, 1.807) is 12.1 Å². The first-order valence-electron chi connectivity index (χ1n) is 8.94. The molecule has 0 aliphatic carbocycles. The number of β-amino-alcohol motifs (C(OH)–C–C–N with tert-alkyl or cyclic N) is 1. The molecule has 2 aromatic rings. The fraction of sp³-hybridized carbons (Fsp3) is 0.350. The molecule has 2 aliphatic rings. The summed E-state index contributed by atoms with van der Waals surface area (Å²) in [6, 6.07) is 14.6. The predicted octanol–water partition coefficient (Wildman–Crippen LogP) is 3.16. The highest BCUT2D eigenvalue weighted by Gasteiger charge is 2.52. The van der Waals surface area contributed by atoms with E-state index in [0.29, 0.717) is 12.1 Å². The first kappa shape index (κ1) is 16.7. The zero-order valence-electron chi connectivity index (χ0n) is 14.8. The van der Waals surface area contributed by atoms with Crippen molar-refractivity contribution in [1.82, 2.24) is 0 Å². The van der Waals surface area contributed by atoms with E-state index in [0.717, 1.165) is 37.3 Å². The Labute approximate surface area is 152 Å². The number of benzene rings is 2. The lowest BCUT2D eigenvalue weighted by Gasteiger charge is -2.24. The molecule has 4 rings (SSSR count). The van der Waals surface area contributed by atoms with Crippen LogP contribution in [0.25, 0.3) is 0 Å². The Bertz CT molecular complexity index is 891. The third-order valence-electron chi connectivity index (χ3n) is 5.35. The highest BCUT2D eigenvalue weighted by Crippen LogP contribution is 2.36.